The van der Waals surface area contributed by atoms with E-state index < -0.39 is 0 Å². The highest BCUT2D eigenvalue weighted by Crippen LogP contribution is 2.20. The quantitative estimate of drug-likeness (QED) is 0.734. The van der Waals surface area contributed by atoms with Crippen LogP contribution in [0.2, 0.25) is 0 Å². The van der Waals surface area contributed by atoms with Gasteiger partial charge in [0.25, 0.3) is 0 Å². The van der Waals surface area contributed by atoms with Crippen LogP contribution in [0.1, 0.15) is 25.0 Å². The molecule has 0 spiro atoms. The molecule has 0 saturated carbocycles. The maximum Gasteiger partial charge on any atom is 0.0724 e. The molecular weight excluding hydrogens is 244 g/mol. The van der Waals surface area contributed by atoms with E-state index in [0.717, 1.165) is 17.6 Å². The summed E-state index contributed by atoms with van der Waals surface area (Å²) in [6.07, 6.45) is 0.899. The summed E-state index contributed by atoms with van der Waals surface area (Å²) in [5.41, 5.74) is 3.26. The van der Waals surface area contributed by atoms with E-state index in [2.05, 4.69) is 56.8 Å². The molecule has 0 fully saturated rings. The molecule has 0 aliphatic heterocycles. The first-order valence-corrected chi connectivity index (χ1v) is 6.98. The fourth-order valence-electron chi connectivity index (χ4n) is 2.18. The molecule has 104 valence electrons. The van der Waals surface area contributed by atoms with Gasteiger partial charge in [-0.1, -0.05) is 67.2 Å². The SMILES string of the molecule is C=C(COC(C)(C)Cc1ccccc1)c1ccccc1. The second-order valence-corrected chi connectivity index (χ2v) is 5.68. The van der Waals surface area contributed by atoms with Crippen LogP contribution in [0.5, 0.6) is 0 Å². The second kappa shape index (κ2) is 6.53. The van der Waals surface area contributed by atoms with E-state index in [1.165, 1.54) is 5.56 Å². The zero-order chi connectivity index (χ0) is 14.4. The Morgan fingerprint density at radius 2 is 1.50 bits per heavy atom. The lowest BCUT2D eigenvalue weighted by Gasteiger charge is -2.26. The van der Waals surface area contributed by atoms with Crippen molar-refractivity contribution in [1.82, 2.24) is 0 Å². The predicted molar refractivity (Wildman–Crippen MR) is 85.7 cm³/mol. The zero-order valence-corrected chi connectivity index (χ0v) is 12.3. The summed E-state index contributed by atoms with van der Waals surface area (Å²) in [5.74, 6) is 0. The van der Waals surface area contributed by atoms with Crippen LogP contribution in [0, 0.1) is 0 Å². The smallest absolute Gasteiger partial charge is 0.0724 e. The Kier molecular flexibility index (Phi) is 4.75. The van der Waals surface area contributed by atoms with Gasteiger partial charge in [0.2, 0.25) is 0 Å². The molecule has 1 heteroatoms. The van der Waals surface area contributed by atoms with Crippen LogP contribution >= 0.6 is 0 Å². The van der Waals surface area contributed by atoms with Crippen molar-refractivity contribution >= 4 is 5.57 Å². The van der Waals surface area contributed by atoms with Crippen molar-refractivity contribution in [3.63, 3.8) is 0 Å². The largest absolute Gasteiger partial charge is 0.371 e. The average molecular weight is 266 g/mol. The molecule has 0 saturated heterocycles. The minimum Gasteiger partial charge on any atom is -0.371 e. The van der Waals surface area contributed by atoms with Gasteiger partial charge in [0, 0.05) is 6.42 Å². The molecule has 2 aromatic carbocycles. The van der Waals surface area contributed by atoms with Gasteiger partial charge in [-0.05, 0) is 30.5 Å². The van der Waals surface area contributed by atoms with Crippen molar-refractivity contribution in [2.45, 2.75) is 25.9 Å². The highest BCUT2D eigenvalue weighted by atomic mass is 16.5. The summed E-state index contributed by atoms with van der Waals surface area (Å²) in [6, 6.07) is 20.6. The number of benzene rings is 2. The van der Waals surface area contributed by atoms with E-state index in [-0.39, 0.29) is 5.60 Å². The summed E-state index contributed by atoms with van der Waals surface area (Å²) < 4.78 is 6.05. The Balaban J connectivity index is 1.91. The Morgan fingerprint density at radius 3 is 2.10 bits per heavy atom. The normalized spacial score (nSPS) is 11.3. The lowest BCUT2D eigenvalue weighted by atomic mass is 9.98. The number of hydrogen-bond donors (Lipinski definition) is 0. The Hall–Kier alpha value is -1.86. The van der Waals surface area contributed by atoms with E-state index in [9.17, 15) is 0 Å². The third-order valence-electron chi connectivity index (χ3n) is 3.29. The van der Waals surface area contributed by atoms with Crippen LogP contribution in [0.15, 0.2) is 67.2 Å². The summed E-state index contributed by atoms with van der Waals surface area (Å²) in [6.45, 7) is 8.92. The van der Waals surface area contributed by atoms with Gasteiger partial charge in [-0.25, -0.2) is 0 Å². The minimum atomic E-state index is -0.195. The Morgan fingerprint density at radius 1 is 0.950 bits per heavy atom. The van der Waals surface area contributed by atoms with Crippen molar-refractivity contribution in [3.05, 3.63) is 78.4 Å². The first kappa shape index (κ1) is 14.5. The van der Waals surface area contributed by atoms with Crippen molar-refractivity contribution in [2.24, 2.45) is 0 Å². The van der Waals surface area contributed by atoms with Crippen LogP contribution in [-0.4, -0.2) is 12.2 Å². The molecule has 0 amide bonds. The molecule has 20 heavy (non-hydrogen) atoms. The summed E-state index contributed by atoms with van der Waals surface area (Å²) in [5, 5.41) is 0. The summed E-state index contributed by atoms with van der Waals surface area (Å²) >= 11 is 0. The van der Waals surface area contributed by atoms with Gasteiger partial charge < -0.3 is 4.74 Å². The van der Waals surface area contributed by atoms with Gasteiger partial charge in [-0.15, -0.1) is 0 Å². The minimum absolute atomic E-state index is 0.195. The monoisotopic (exact) mass is 266 g/mol. The molecule has 0 aliphatic rings. The van der Waals surface area contributed by atoms with Crippen LogP contribution in [0.4, 0.5) is 0 Å². The molecular formula is C19H22O. The molecule has 0 bridgehead atoms. The summed E-state index contributed by atoms with van der Waals surface area (Å²) in [4.78, 5) is 0. The van der Waals surface area contributed by atoms with Gasteiger partial charge in [0.05, 0.1) is 12.2 Å². The fourth-order valence-corrected chi connectivity index (χ4v) is 2.18. The van der Waals surface area contributed by atoms with Gasteiger partial charge >= 0.3 is 0 Å². The van der Waals surface area contributed by atoms with Gasteiger partial charge in [-0.3, -0.25) is 0 Å². The van der Waals surface area contributed by atoms with E-state index in [0.29, 0.717) is 6.61 Å². The third-order valence-corrected chi connectivity index (χ3v) is 3.29. The van der Waals surface area contributed by atoms with Gasteiger partial charge in [0.15, 0.2) is 0 Å². The van der Waals surface area contributed by atoms with E-state index >= 15 is 0 Å². The lowest BCUT2D eigenvalue weighted by Crippen LogP contribution is -2.28. The molecule has 0 radical (unpaired) electrons. The molecule has 0 atom stereocenters. The highest BCUT2D eigenvalue weighted by molar-refractivity contribution is 5.63. The molecule has 2 rings (SSSR count). The van der Waals surface area contributed by atoms with E-state index in [1.54, 1.807) is 0 Å². The first-order chi connectivity index (χ1) is 9.57. The zero-order valence-electron chi connectivity index (χ0n) is 12.3. The number of hydrogen-bond acceptors (Lipinski definition) is 1. The molecule has 1 nitrogen and oxygen atoms in total. The topological polar surface area (TPSA) is 9.23 Å². The fraction of sp³-hybridized carbons (Fsp3) is 0.263. The second-order valence-electron chi connectivity index (χ2n) is 5.68. The average Bonchev–Trinajstić information content (AvgIpc) is 2.46. The molecule has 0 unspecified atom stereocenters. The van der Waals surface area contributed by atoms with Gasteiger partial charge in [-0.2, -0.15) is 0 Å². The summed E-state index contributed by atoms with van der Waals surface area (Å²) in [7, 11) is 0. The van der Waals surface area contributed by atoms with Crippen molar-refractivity contribution in [2.75, 3.05) is 6.61 Å². The molecule has 0 N–H and O–H groups in total. The third kappa shape index (κ3) is 4.36. The van der Waals surface area contributed by atoms with Crippen molar-refractivity contribution in [3.8, 4) is 0 Å². The predicted octanol–water partition coefficient (Wildman–Crippen LogP) is 4.74. The van der Waals surface area contributed by atoms with Crippen LogP contribution in [-0.2, 0) is 11.2 Å². The molecule has 0 aliphatic carbocycles. The van der Waals surface area contributed by atoms with Crippen LogP contribution in [0.25, 0.3) is 5.57 Å². The maximum atomic E-state index is 6.05. The molecule has 0 heterocycles. The van der Waals surface area contributed by atoms with Gasteiger partial charge in [0.1, 0.15) is 0 Å². The molecule has 0 aromatic heterocycles. The van der Waals surface area contributed by atoms with E-state index in [1.807, 2.05) is 24.3 Å². The van der Waals surface area contributed by atoms with Crippen molar-refractivity contribution in [1.29, 1.82) is 0 Å². The van der Waals surface area contributed by atoms with E-state index in [4.69, 9.17) is 4.74 Å². The van der Waals surface area contributed by atoms with Crippen molar-refractivity contribution < 1.29 is 4.74 Å². The lowest BCUT2D eigenvalue weighted by molar-refractivity contribution is 0.00297. The standard InChI is InChI=1S/C19H22O/c1-16(18-12-8-5-9-13-18)15-20-19(2,3)14-17-10-6-4-7-11-17/h4-13H,1,14-15H2,2-3H3. The van der Waals surface area contributed by atoms with Crippen LogP contribution in [0.3, 0.4) is 0 Å². The first-order valence-electron chi connectivity index (χ1n) is 6.98. The molecule has 2 aromatic rings. The van der Waals surface area contributed by atoms with Crippen LogP contribution < -0.4 is 0 Å². The number of rotatable bonds is 6. The Labute approximate surface area is 121 Å². The number of ether oxygens (including phenoxy) is 1. The Bertz CT molecular complexity index is 540. The highest BCUT2D eigenvalue weighted by Gasteiger charge is 2.19. The maximum absolute atomic E-state index is 6.05.